The van der Waals surface area contributed by atoms with Crippen molar-refractivity contribution < 1.29 is 4.79 Å². The zero-order valence-electron chi connectivity index (χ0n) is 15.4. The van der Waals surface area contributed by atoms with Gasteiger partial charge in [-0.05, 0) is 29.2 Å². The highest BCUT2D eigenvalue weighted by Crippen LogP contribution is 2.29. The van der Waals surface area contributed by atoms with Crippen LogP contribution in [0.25, 0.3) is 0 Å². The topological polar surface area (TPSA) is 59.0 Å². The van der Waals surface area contributed by atoms with Gasteiger partial charge in [0.15, 0.2) is 0 Å². The van der Waals surface area contributed by atoms with Crippen LogP contribution in [0.4, 0.5) is 5.69 Å². The number of nitrogens with one attached hydrogen (secondary N) is 2. The number of rotatable bonds is 5. The van der Waals surface area contributed by atoms with Crippen molar-refractivity contribution in [3.05, 3.63) is 83.7 Å². The number of nitrogens with zero attached hydrogens (tertiary/aromatic N) is 2. The molecule has 0 bridgehead atoms. The Morgan fingerprint density at radius 1 is 1.15 bits per heavy atom. The summed E-state index contributed by atoms with van der Waals surface area (Å²) in [6, 6.07) is 18.4. The standard InChI is InChI=1S/C22H24N4O/c1-26-15-18(12-24-26)19-13-23-14-20(19)22(27)25-21-10-6-5-9-17(21)11-16-7-3-2-4-8-16/h2-10,12,15,19-20,23H,11,13-14H2,1H3,(H,25,27)/t19-,20+/m1/s1. The lowest BCUT2D eigenvalue weighted by Gasteiger charge is -2.18. The number of benzene rings is 2. The molecule has 1 fully saturated rings. The van der Waals surface area contributed by atoms with Gasteiger partial charge in [-0.15, -0.1) is 0 Å². The SMILES string of the molecule is Cn1cc([C@H]2CNC[C@@H]2C(=O)Nc2ccccc2Cc2ccccc2)cn1. The van der Waals surface area contributed by atoms with Gasteiger partial charge in [-0.3, -0.25) is 9.48 Å². The van der Waals surface area contributed by atoms with E-state index in [0.29, 0.717) is 6.54 Å². The molecule has 0 saturated carbocycles. The van der Waals surface area contributed by atoms with Crippen LogP contribution >= 0.6 is 0 Å². The Bertz CT molecular complexity index is 919. The third-order valence-electron chi connectivity index (χ3n) is 5.22. The number of carbonyl (C=O) groups excluding carboxylic acids is 1. The molecule has 2 heterocycles. The fraction of sp³-hybridized carbons (Fsp3) is 0.273. The number of aryl methyl sites for hydroxylation is 1. The number of amides is 1. The highest BCUT2D eigenvalue weighted by Gasteiger charge is 2.34. The zero-order chi connectivity index (χ0) is 18.6. The average Bonchev–Trinajstić information content (AvgIpc) is 3.33. The number of para-hydroxylation sites is 1. The molecule has 1 aromatic heterocycles. The van der Waals surface area contributed by atoms with Crippen molar-refractivity contribution in [2.75, 3.05) is 18.4 Å². The van der Waals surface area contributed by atoms with Crippen LogP contribution in [0.2, 0.25) is 0 Å². The lowest BCUT2D eigenvalue weighted by atomic mass is 9.90. The summed E-state index contributed by atoms with van der Waals surface area (Å²) in [6.45, 7) is 1.49. The summed E-state index contributed by atoms with van der Waals surface area (Å²) in [7, 11) is 1.90. The molecule has 2 atom stereocenters. The van der Waals surface area contributed by atoms with Gasteiger partial charge in [0.1, 0.15) is 0 Å². The third-order valence-corrected chi connectivity index (χ3v) is 5.22. The van der Waals surface area contributed by atoms with E-state index in [1.54, 1.807) is 4.68 Å². The maximum atomic E-state index is 13.0. The van der Waals surface area contributed by atoms with Crippen LogP contribution in [0.15, 0.2) is 67.0 Å². The summed E-state index contributed by atoms with van der Waals surface area (Å²) >= 11 is 0. The van der Waals surface area contributed by atoms with Gasteiger partial charge >= 0.3 is 0 Å². The minimum absolute atomic E-state index is 0.0642. The van der Waals surface area contributed by atoms with Crippen LogP contribution in [0.3, 0.4) is 0 Å². The van der Waals surface area contributed by atoms with Gasteiger partial charge in [0.25, 0.3) is 0 Å². The van der Waals surface area contributed by atoms with Crippen LogP contribution in [0.5, 0.6) is 0 Å². The van der Waals surface area contributed by atoms with Crippen molar-refractivity contribution >= 4 is 11.6 Å². The molecule has 5 nitrogen and oxygen atoms in total. The Balaban J connectivity index is 1.51. The Morgan fingerprint density at radius 3 is 2.70 bits per heavy atom. The second-order valence-corrected chi connectivity index (χ2v) is 7.13. The van der Waals surface area contributed by atoms with Gasteiger partial charge < -0.3 is 10.6 Å². The van der Waals surface area contributed by atoms with E-state index >= 15 is 0 Å². The number of hydrogen-bond acceptors (Lipinski definition) is 3. The van der Waals surface area contributed by atoms with Gasteiger partial charge in [-0.2, -0.15) is 5.10 Å². The summed E-state index contributed by atoms with van der Waals surface area (Å²) in [5.41, 5.74) is 4.36. The van der Waals surface area contributed by atoms with Gasteiger partial charge in [0.2, 0.25) is 5.91 Å². The van der Waals surface area contributed by atoms with Crippen molar-refractivity contribution in [3.63, 3.8) is 0 Å². The van der Waals surface area contributed by atoms with E-state index in [0.717, 1.165) is 29.8 Å². The summed E-state index contributed by atoms with van der Waals surface area (Å²) in [5.74, 6) is 0.119. The van der Waals surface area contributed by atoms with E-state index in [4.69, 9.17) is 0 Å². The van der Waals surface area contributed by atoms with Crippen molar-refractivity contribution in [1.29, 1.82) is 0 Å². The molecular formula is C22H24N4O. The molecule has 2 aromatic carbocycles. The number of aromatic nitrogens is 2. The van der Waals surface area contributed by atoms with Gasteiger partial charge in [0, 0.05) is 37.9 Å². The lowest BCUT2D eigenvalue weighted by Crippen LogP contribution is -2.28. The van der Waals surface area contributed by atoms with Crippen LogP contribution in [0.1, 0.15) is 22.6 Å². The molecule has 4 rings (SSSR count). The van der Waals surface area contributed by atoms with E-state index in [1.807, 2.05) is 55.8 Å². The summed E-state index contributed by atoms with van der Waals surface area (Å²) < 4.78 is 1.79. The normalized spacial score (nSPS) is 19.1. The second-order valence-electron chi connectivity index (χ2n) is 7.13. The first-order chi connectivity index (χ1) is 13.2. The largest absolute Gasteiger partial charge is 0.326 e. The first kappa shape index (κ1) is 17.5. The van der Waals surface area contributed by atoms with Crippen LogP contribution in [-0.4, -0.2) is 28.8 Å². The third kappa shape index (κ3) is 3.93. The summed E-state index contributed by atoms with van der Waals surface area (Å²) in [4.78, 5) is 13.0. The maximum Gasteiger partial charge on any atom is 0.229 e. The molecule has 27 heavy (non-hydrogen) atoms. The van der Waals surface area contributed by atoms with E-state index in [2.05, 4.69) is 33.9 Å². The van der Waals surface area contributed by atoms with Gasteiger partial charge in [0.05, 0.1) is 12.1 Å². The number of hydrogen-bond donors (Lipinski definition) is 2. The maximum absolute atomic E-state index is 13.0. The van der Waals surface area contributed by atoms with Crippen LogP contribution < -0.4 is 10.6 Å². The fourth-order valence-corrected chi connectivity index (χ4v) is 3.77. The smallest absolute Gasteiger partial charge is 0.229 e. The quantitative estimate of drug-likeness (QED) is 0.735. The zero-order valence-corrected chi connectivity index (χ0v) is 15.4. The molecule has 0 radical (unpaired) electrons. The van der Waals surface area contributed by atoms with Gasteiger partial charge in [-0.25, -0.2) is 0 Å². The van der Waals surface area contributed by atoms with E-state index in [-0.39, 0.29) is 17.7 Å². The van der Waals surface area contributed by atoms with Crippen molar-refractivity contribution in [2.45, 2.75) is 12.3 Å². The first-order valence-corrected chi connectivity index (χ1v) is 9.32. The fourth-order valence-electron chi connectivity index (χ4n) is 3.77. The van der Waals surface area contributed by atoms with Gasteiger partial charge in [-0.1, -0.05) is 48.5 Å². The lowest BCUT2D eigenvalue weighted by molar-refractivity contribution is -0.119. The molecular weight excluding hydrogens is 336 g/mol. The number of carbonyl (C=O) groups is 1. The van der Waals surface area contributed by atoms with Crippen LogP contribution in [-0.2, 0) is 18.3 Å². The monoisotopic (exact) mass is 360 g/mol. The van der Waals surface area contributed by atoms with Crippen LogP contribution in [0, 0.1) is 5.92 Å². The molecule has 0 aliphatic carbocycles. The molecule has 0 unspecified atom stereocenters. The predicted molar refractivity (Wildman–Crippen MR) is 107 cm³/mol. The highest BCUT2D eigenvalue weighted by molar-refractivity contribution is 5.94. The number of anilines is 1. The second kappa shape index (κ2) is 7.76. The molecule has 0 spiro atoms. The predicted octanol–water partition coefficient (Wildman–Crippen LogP) is 2.95. The molecule has 1 amide bonds. The molecule has 1 aliphatic heterocycles. The van der Waals surface area contributed by atoms with Crippen molar-refractivity contribution in [2.24, 2.45) is 13.0 Å². The van der Waals surface area contributed by atoms with Crippen molar-refractivity contribution in [1.82, 2.24) is 15.1 Å². The minimum atomic E-state index is -0.0982. The average molecular weight is 360 g/mol. The Morgan fingerprint density at radius 2 is 1.93 bits per heavy atom. The summed E-state index contributed by atoms with van der Waals surface area (Å²) in [6.07, 6.45) is 4.66. The molecule has 1 aliphatic rings. The Labute approximate surface area is 159 Å². The minimum Gasteiger partial charge on any atom is -0.326 e. The molecule has 3 aromatic rings. The molecule has 2 N–H and O–H groups in total. The highest BCUT2D eigenvalue weighted by atomic mass is 16.2. The molecule has 5 heteroatoms. The molecule has 138 valence electrons. The summed E-state index contributed by atoms with van der Waals surface area (Å²) in [5, 5.41) is 10.8. The van der Waals surface area contributed by atoms with Crippen molar-refractivity contribution in [3.8, 4) is 0 Å². The molecule has 1 saturated heterocycles. The Hall–Kier alpha value is -2.92. The first-order valence-electron chi connectivity index (χ1n) is 9.32. The van der Waals surface area contributed by atoms with E-state index in [1.165, 1.54) is 5.56 Å². The van der Waals surface area contributed by atoms with E-state index < -0.39 is 0 Å². The van der Waals surface area contributed by atoms with E-state index in [9.17, 15) is 4.79 Å². The Kier molecular flexibility index (Phi) is 5.03.